The number of pyridine rings is 1. The van der Waals surface area contributed by atoms with E-state index in [0.717, 1.165) is 28.5 Å². The molecule has 2 aromatic heterocycles. The summed E-state index contributed by atoms with van der Waals surface area (Å²) in [5.41, 5.74) is 2.09. The van der Waals surface area contributed by atoms with Crippen molar-refractivity contribution in [2.45, 2.75) is 52.2 Å². The summed E-state index contributed by atoms with van der Waals surface area (Å²) in [6, 6.07) is 5.97. The first-order valence-electron chi connectivity index (χ1n) is 10.4. The van der Waals surface area contributed by atoms with Crippen LogP contribution in [0.2, 0.25) is 0 Å². The Kier molecular flexibility index (Phi) is 5.76. The van der Waals surface area contributed by atoms with Crippen molar-refractivity contribution in [3.63, 3.8) is 0 Å². The average molecular weight is 419 g/mol. The molecular weight excluding hydrogens is 394 g/mol. The number of aromatic nitrogens is 3. The van der Waals surface area contributed by atoms with Gasteiger partial charge in [0.2, 0.25) is 11.8 Å². The van der Waals surface area contributed by atoms with Crippen molar-refractivity contribution in [1.82, 2.24) is 20.3 Å². The highest BCUT2D eigenvalue weighted by Gasteiger charge is 2.21. The molecule has 4 rings (SSSR count). The van der Waals surface area contributed by atoms with Crippen molar-refractivity contribution in [2.75, 3.05) is 6.61 Å². The number of hydrogen-bond acceptors (Lipinski definition) is 6. The Morgan fingerprint density at radius 1 is 1.32 bits per heavy atom. The first-order chi connectivity index (χ1) is 14.9. The monoisotopic (exact) mass is 419 g/mol. The van der Waals surface area contributed by atoms with E-state index in [-0.39, 0.29) is 18.1 Å². The van der Waals surface area contributed by atoms with E-state index in [0.29, 0.717) is 42.5 Å². The minimum Gasteiger partial charge on any atom is -0.490 e. The zero-order valence-electron chi connectivity index (χ0n) is 17.9. The van der Waals surface area contributed by atoms with E-state index in [1.807, 2.05) is 33.0 Å². The van der Waals surface area contributed by atoms with Crippen LogP contribution in [0.3, 0.4) is 0 Å². The number of imidazole rings is 1. The molecule has 1 fully saturated rings. The Labute approximate surface area is 180 Å². The van der Waals surface area contributed by atoms with E-state index in [9.17, 15) is 10.1 Å². The van der Waals surface area contributed by atoms with Crippen LogP contribution in [-0.2, 0) is 4.79 Å². The number of carbonyl (C=O) groups is 1. The van der Waals surface area contributed by atoms with Gasteiger partial charge in [-0.3, -0.25) is 4.79 Å². The Bertz CT molecular complexity index is 1160. The van der Waals surface area contributed by atoms with Crippen LogP contribution in [0.5, 0.6) is 11.6 Å². The maximum absolute atomic E-state index is 11.4. The van der Waals surface area contributed by atoms with Crippen LogP contribution in [-0.4, -0.2) is 39.6 Å². The van der Waals surface area contributed by atoms with Crippen molar-refractivity contribution >= 4 is 16.7 Å². The minimum absolute atomic E-state index is 0.0799. The van der Waals surface area contributed by atoms with E-state index < -0.39 is 0 Å². The molecule has 8 nitrogen and oxygen atoms in total. The zero-order chi connectivity index (χ0) is 22.0. The summed E-state index contributed by atoms with van der Waals surface area (Å²) >= 11 is 0. The van der Waals surface area contributed by atoms with Gasteiger partial charge in [0, 0.05) is 47.6 Å². The Morgan fingerprint density at radius 2 is 2.16 bits per heavy atom. The first-order valence-corrected chi connectivity index (χ1v) is 10.4. The number of nitrogens with one attached hydrogen (secondary N) is 2. The van der Waals surface area contributed by atoms with E-state index in [4.69, 9.17) is 9.47 Å². The standard InChI is InChI=1S/C23H25N5O3/c1-13(2)31-20-9-18-17(8-15(20)10-24)19(22-25-11-14(3)27-22)12-26-23(18)30-7-6-16-4-5-21(29)28-16/h8-9,11-13,16H,4-7H2,1-3H3,(H,25,27)(H,28,29)/t16-/m0/s1. The molecule has 0 radical (unpaired) electrons. The van der Waals surface area contributed by atoms with Gasteiger partial charge in [-0.25, -0.2) is 9.97 Å². The molecule has 1 aliphatic heterocycles. The number of nitriles is 1. The maximum Gasteiger partial charge on any atom is 0.221 e. The van der Waals surface area contributed by atoms with Gasteiger partial charge in [-0.05, 0) is 39.3 Å². The molecule has 1 aromatic carbocycles. The quantitative estimate of drug-likeness (QED) is 0.604. The van der Waals surface area contributed by atoms with Gasteiger partial charge in [-0.2, -0.15) is 5.26 Å². The third-order valence-corrected chi connectivity index (χ3v) is 5.19. The average Bonchev–Trinajstić information content (AvgIpc) is 3.35. The third-order valence-electron chi connectivity index (χ3n) is 5.19. The number of aromatic amines is 1. The highest BCUT2D eigenvalue weighted by atomic mass is 16.5. The van der Waals surface area contributed by atoms with Crippen molar-refractivity contribution < 1.29 is 14.3 Å². The maximum atomic E-state index is 11.4. The molecule has 1 amide bonds. The van der Waals surface area contributed by atoms with E-state index in [2.05, 4.69) is 26.3 Å². The normalized spacial score (nSPS) is 15.8. The number of fused-ring (bicyclic) bond motifs is 1. The van der Waals surface area contributed by atoms with Crippen LogP contribution < -0.4 is 14.8 Å². The van der Waals surface area contributed by atoms with Gasteiger partial charge >= 0.3 is 0 Å². The van der Waals surface area contributed by atoms with Gasteiger partial charge in [0.15, 0.2) is 0 Å². The van der Waals surface area contributed by atoms with Crippen LogP contribution in [0.15, 0.2) is 24.5 Å². The number of nitrogens with zero attached hydrogens (tertiary/aromatic N) is 3. The van der Waals surface area contributed by atoms with Crippen LogP contribution in [0.4, 0.5) is 0 Å². The number of amides is 1. The summed E-state index contributed by atoms with van der Waals surface area (Å²) < 4.78 is 11.9. The molecule has 1 aliphatic rings. The second kappa shape index (κ2) is 8.64. The lowest BCUT2D eigenvalue weighted by Crippen LogP contribution is -2.26. The summed E-state index contributed by atoms with van der Waals surface area (Å²) in [5.74, 6) is 1.72. The van der Waals surface area contributed by atoms with Gasteiger partial charge < -0.3 is 19.8 Å². The number of rotatable bonds is 7. The highest BCUT2D eigenvalue weighted by Crippen LogP contribution is 2.36. The topological polar surface area (TPSA) is 113 Å². The van der Waals surface area contributed by atoms with E-state index in [1.54, 1.807) is 12.3 Å². The molecule has 1 saturated heterocycles. The van der Waals surface area contributed by atoms with Gasteiger partial charge in [0.05, 0.1) is 24.0 Å². The number of ether oxygens (including phenoxy) is 2. The van der Waals surface area contributed by atoms with Gasteiger partial charge in [0.25, 0.3) is 0 Å². The van der Waals surface area contributed by atoms with Crippen LogP contribution in [0.25, 0.3) is 22.2 Å². The van der Waals surface area contributed by atoms with E-state index in [1.165, 1.54) is 0 Å². The molecule has 3 heterocycles. The summed E-state index contributed by atoms with van der Waals surface area (Å²) in [6.07, 6.45) is 5.55. The number of aryl methyl sites for hydroxylation is 1. The third kappa shape index (κ3) is 4.45. The molecule has 160 valence electrons. The van der Waals surface area contributed by atoms with Crippen molar-refractivity contribution in [3.05, 3.63) is 35.8 Å². The zero-order valence-corrected chi connectivity index (χ0v) is 17.9. The number of hydrogen-bond donors (Lipinski definition) is 2. The fourth-order valence-corrected chi connectivity index (χ4v) is 3.73. The van der Waals surface area contributed by atoms with Crippen LogP contribution in [0.1, 0.15) is 44.4 Å². The first kappa shape index (κ1) is 20.7. The summed E-state index contributed by atoms with van der Waals surface area (Å²) in [5, 5.41) is 14.2. The Hall–Kier alpha value is -3.60. The Morgan fingerprint density at radius 3 is 2.81 bits per heavy atom. The predicted molar refractivity (Wildman–Crippen MR) is 116 cm³/mol. The smallest absolute Gasteiger partial charge is 0.221 e. The van der Waals surface area contributed by atoms with Crippen LogP contribution in [0, 0.1) is 18.3 Å². The van der Waals surface area contributed by atoms with Gasteiger partial charge in [-0.1, -0.05) is 0 Å². The summed E-state index contributed by atoms with van der Waals surface area (Å²) in [7, 11) is 0. The molecule has 31 heavy (non-hydrogen) atoms. The molecule has 0 saturated carbocycles. The fraction of sp³-hybridized carbons (Fsp3) is 0.391. The predicted octanol–water partition coefficient (Wildman–Crippen LogP) is 3.64. The molecule has 0 bridgehead atoms. The highest BCUT2D eigenvalue weighted by molar-refractivity contribution is 5.99. The fourth-order valence-electron chi connectivity index (χ4n) is 3.73. The van der Waals surface area contributed by atoms with Gasteiger partial charge in [-0.15, -0.1) is 0 Å². The molecule has 0 unspecified atom stereocenters. The summed E-state index contributed by atoms with van der Waals surface area (Å²) in [6.45, 7) is 6.16. The SMILES string of the molecule is Cc1c[nH]c(-c2cnc(OCC[C@@H]3CCC(=O)N3)c3cc(OC(C)C)c(C#N)cc23)n1. The number of benzene rings is 1. The molecular formula is C23H25N5O3. The molecule has 8 heteroatoms. The van der Waals surface area contributed by atoms with E-state index >= 15 is 0 Å². The lowest BCUT2D eigenvalue weighted by atomic mass is 10.0. The molecule has 3 aromatic rings. The molecule has 0 spiro atoms. The Balaban J connectivity index is 1.72. The minimum atomic E-state index is -0.0799. The lowest BCUT2D eigenvalue weighted by Gasteiger charge is -2.16. The van der Waals surface area contributed by atoms with Gasteiger partial charge in [0.1, 0.15) is 17.6 Å². The summed E-state index contributed by atoms with van der Waals surface area (Å²) in [4.78, 5) is 23.6. The van der Waals surface area contributed by atoms with Crippen molar-refractivity contribution in [1.29, 1.82) is 5.26 Å². The molecule has 0 aliphatic carbocycles. The lowest BCUT2D eigenvalue weighted by molar-refractivity contribution is -0.119. The van der Waals surface area contributed by atoms with Crippen molar-refractivity contribution in [3.8, 4) is 29.1 Å². The second-order valence-electron chi connectivity index (χ2n) is 7.98. The van der Waals surface area contributed by atoms with Crippen LogP contribution >= 0.6 is 0 Å². The second-order valence-corrected chi connectivity index (χ2v) is 7.98. The number of H-pyrrole nitrogens is 1. The number of carbonyl (C=O) groups excluding carboxylic acids is 1. The molecule has 1 atom stereocenters. The van der Waals surface area contributed by atoms with Crippen molar-refractivity contribution in [2.24, 2.45) is 0 Å². The molecule has 2 N–H and O–H groups in total. The largest absolute Gasteiger partial charge is 0.490 e.